The van der Waals surface area contributed by atoms with Gasteiger partial charge in [-0.15, -0.1) is 0 Å². The van der Waals surface area contributed by atoms with Crippen molar-refractivity contribution in [3.05, 3.63) is 61.1 Å². The van der Waals surface area contributed by atoms with E-state index in [4.69, 9.17) is 14.2 Å². The first kappa shape index (κ1) is 17.1. The van der Waals surface area contributed by atoms with E-state index in [-0.39, 0.29) is 11.5 Å². The van der Waals surface area contributed by atoms with Gasteiger partial charge in [0.1, 0.15) is 30.3 Å². The average Bonchev–Trinajstić information content (AvgIpc) is 3.21. The van der Waals surface area contributed by atoms with E-state index in [9.17, 15) is 4.79 Å². The summed E-state index contributed by atoms with van der Waals surface area (Å²) in [5.41, 5.74) is 0.721. The third-order valence-corrected chi connectivity index (χ3v) is 3.31. The molecule has 0 saturated carbocycles. The molecule has 0 atom stereocenters. The van der Waals surface area contributed by atoms with Crippen molar-refractivity contribution in [3.8, 4) is 17.4 Å². The maximum absolute atomic E-state index is 12.0. The summed E-state index contributed by atoms with van der Waals surface area (Å²) in [7, 11) is 2.74. The Bertz CT molecular complexity index is 924. The zero-order valence-corrected chi connectivity index (χ0v) is 14.1. The molecule has 0 aliphatic heterocycles. The monoisotopic (exact) mass is 353 g/mol. The highest BCUT2D eigenvalue weighted by atomic mass is 16.5. The summed E-state index contributed by atoms with van der Waals surface area (Å²) in [5.74, 6) is 0.628. The second-order valence-electron chi connectivity index (χ2n) is 4.91. The second kappa shape index (κ2) is 7.88. The Balaban J connectivity index is 1.95. The summed E-state index contributed by atoms with van der Waals surface area (Å²) < 4.78 is 17.1. The molecule has 0 aliphatic rings. The van der Waals surface area contributed by atoms with Crippen LogP contribution in [-0.2, 0) is 14.3 Å². The quantitative estimate of drug-likeness (QED) is 0.377. The van der Waals surface area contributed by atoms with Crippen LogP contribution in [0.3, 0.4) is 0 Å². The van der Waals surface area contributed by atoms with Crippen molar-refractivity contribution in [3.63, 3.8) is 0 Å². The molecule has 9 nitrogen and oxygen atoms in total. The van der Waals surface area contributed by atoms with Gasteiger partial charge in [0, 0.05) is 11.6 Å². The van der Waals surface area contributed by atoms with Crippen LogP contribution in [0.25, 0.3) is 11.4 Å². The Morgan fingerprint density at radius 1 is 1.15 bits per heavy atom. The van der Waals surface area contributed by atoms with Crippen molar-refractivity contribution in [1.29, 1.82) is 0 Å². The van der Waals surface area contributed by atoms with Gasteiger partial charge in [0.15, 0.2) is 5.82 Å². The SMILES string of the molecule is COC=C(C(=O)OC)c1ccccc1Oc1cc(-n2cncn2)ncn1. The molecule has 9 heteroatoms. The number of carbonyl (C=O) groups is 1. The molecule has 2 aromatic heterocycles. The van der Waals surface area contributed by atoms with E-state index in [1.54, 1.807) is 30.3 Å². The lowest BCUT2D eigenvalue weighted by Crippen LogP contribution is -2.06. The van der Waals surface area contributed by atoms with Crippen LogP contribution in [0, 0.1) is 0 Å². The summed E-state index contributed by atoms with van der Waals surface area (Å²) in [5, 5.41) is 4.01. The molecule has 0 aliphatic carbocycles. The number of ether oxygens (including phenoxy) is 3. The van der Waals surface area contributed by atoms with Crippen LogP contribution in [0.15, 0.2) is 55.6 Å². The Kier molecular flexibility index (Phi) is 5.18. The molecule has 2 heterocycles. The zero-order valence-electron chi connectivity index (χ0n) is 14.1. The van der Waals surface area contributed by atoms with Crippen LogP contribution in [0.2, 0.25) is 0 Å². The van der Waals surface area contributed by atoms with E-state index in [1.165, 1.54) is 44.1 Å². The fourth-order valence-electron chi connectivity index (χ4n) is 2.18. The van der Waals surface area contributed by atoms with Crippen LogP contribution in [0.1, 0.15) is 5.56 Å². The van der Waals surface area contributed by atoms with E-state index in [0.29, 0.717) is 17.1 Å². The van der Waals surface area contributed by atoms with Gasteiger partial charge in [0.05, 0.1) is 20.5 Å². The molecule has 0 unspecified atom stereocenters. The maximum atomic E-state index is 12.0. The third kappa shape index (κ3) is 3.66. The Hall–Kier alpha value is -3.75. The van der Waals surface area contributed by atoms with Crippen molar-refractivity contribution in [2.45, 2.75) is 0 Å². The number of methoxy groups -OCH3 is 2. The molecule has 26 heavy (non-hydrogen) atoms. The van der Waals surface area contributed by atoms with Gasteiger partial charge in [-0.05, 0) is 6.07 Å². The summed E-state index contributed by atoms with van der Waals surface area (Å²) in [6.45, 7) is 0. The topological polar surface area (TPSA) is 101 Å². The van der Waals surface area contributed by atoms with Gasteiger partial charge < -0.3 is 14.2 Å². The van der Waals surface area contributed by atoms with Gasteiger partial charge in [-0.1, -0.05) is 18.2 Å². The van der Waals surface area contributed by atoms with Crippen molar-refractivity contribution in [2.75, 3.05) is 14.2 Å². The minimum absolute atomic E-state index is 0.219. The normalized spacial score (nSPS) is 11.1. The van der Waals surface area contributed by atoms with Crippen LogP contribution < -0.4 is 4.74 Å². The number of hydrogen-bond acceptors (Lipinski definition) is 8. The molecular formula is C17H15N5O4. The number of hydrogen-bond donors (Lipinski definition) is 0. The highest BCUT2D eigenvalue weighted by Gasteiger charge is 2.18. The second-order valence-corrected chi connectivity index (χ2v) is 4.91. The molecular weight excluding hydrogens is 338 g/mol. The fraction of sp³-hybridized carbons (Fsp3) is 0.118. The molecule has 0 bridgehead atoms. The molecule has 3 aromatic rings. The van der Waals surface area contributed by atoms with E-state index >= 15 is 0 Å². The van der Waals surface area contributed by atoms with E-state index in [1.807, 2.05) is 0 Å². The molecule has 132 valence electrons. The molecule has 0 fully saturated rings. The van der Waals surface area contributed by atoms with Crippen LogP contribution >= 0.6 is 0 Å². The summed E-state index contributed by atoms with van der Waals surface area (Å²) in [6.07, 6.45) is 5.56. The summed E-state index contributed by atoms with van der Waals surface area (Å²) in [6, 6.07) is 8.58. The van der Waals surface area contributed by atoms with Crippen molar-refractivity contribution < 1.29 is 19.0 Å². The van der Waals surface area contributed by atoms with Crippen LogP contribution in [-0.4, -0.2) is 44.9 Å². The van der Waals surface area contributed by atoms with Gasteiger partial charge >= 0.3 is 5.97 Å². The maximum Gasteiger partial charge on any atom is 0.341 e. The molecule has 1 aromatic carbocycles. The highest BCUT2D eigenvalue weighted by molar-refractivity contribution is 6.17. The van der Waals surface area contributed by atoms with E-state index < -0.39 is 5.97 Å². The first-order valence-corrected chi connectivity index (χ1v) is 7.48. The first-order valence-electron chi connectivity index (χ1n) is 7.48. The molecule has 0 amide bonds. The Morgan fingerprint density at radius 3 is 2.73 bits per heavy atom. The first-order chi connectivity index (χ1) is 12.7. The standard InChI is InChI=1S/C17H15N5O4/c1-24-8-13(17(23)25-2)12-5-3-4-6-14(12)26-16-7-15(19-10-20-16)22-11-18-9-21-22/h3-11H,1-2H3. The van der Waals surface area contributed by atoms with E-state index in [2.05, 4.69) is 20.1 Å². The number of esters is 1. The predicted molar refractivity (Wildman–Crippen MR) is 90.5 cm³/mol. The van der Waals surface area contributed by atoms with Crippen molar-refractivity contribution in [1.82, 2.24) is 24.7 Å². The van der Waals surface area contributed by atoms with Crippen LogP contribution in [0.5, 0.6) is 11.6 Å². The lowest BCUT2D eigenvalue weighted by atomic mass is 10.1. The minimum atomic E-state index is -0.547. The summed E-state index contributed by atoms with van der Waals surface area (Å²) >= 11 is 0. The average molecular weight is 353 g/mol. The lowest BCUT2D eigenvalue weighted by Gasteiger charge is -2.12. The fourth-order valence-corrected chi connectivity index (χ4v) is 2.18. The number of rotatable bonds is 6. The van der Waals surface area contributed by atoms with Crippen molar-refractivity contribution in [2.24, 2.45) is 0 Å². The van der Waals surface area contributed by atoms with Gasteiger partial charge in [-0.2, -0.15) is 5.10 Å². The molecule has 0 saturated heterocycles. The molecule has 0 N–H and O–H groups in total. The minimum Gasteiger partial charge on any atom is -0.503 e. The lowest BCUT2D eigenvalue weighted by molar-refractivity contribution is -0.133. The summed E-state index contributed by atoms with van der Waals surface area (Å²) in [4.78, 5) is 24.1. The number of benzene rings is 1. The van der Waals surface area contributed by atoms with Gasteiger partial charge in [-0.25, -0.2) is 24.4 Å². The smallest absolute Gasteiger partial charge is 0.341 e. The number of aromatic nitrogens is 5. The molecule has 0 radical (unpaired) electrons. The largest absolute Gasteiger partial charge is 0.503 e. The Morgan fingerprint density at radius 2 is 2.00 bits per heavy atom. The number of carbonyl (C=O) groups excluding carboxylic acids is 1. The number of nitrogens with zero attached hydrogens (tertiary/aromatic N) is 5. The Labute approximate surface area is 148 Å². The van der Waals surface area contributed by atoms with Gasteiger partial charge in [-0.3, -0.25) is 0 Å². The van der Waals surface area contributed by atoms with Gasteiger partial charge in [0.2, 0.25) is 5.88 Å². The number of para-hydroxylation sites is 1. The highest BCUT2D eigenvalue weighted by Crippen LogP contribution is 2.30. The van der Waals surface area contributed by atoms with Crippen LogP contribution in [0.4, 0.5) is 0 Å². The van der Waals surface area contributed by atoms with E-state index in [0.717, 1.165) is 0 Å². The third-order valence-electron chi connectivity index (χ3n) is 3.31. The molecule has 3 rings (SSSR count). The van der Waals surface area contributed by atoms with Gasteiger partial charge in [0.25, 0.3) is 0 Å². The van der Waals surface area contributed by atoms with Crippen molar-refractivity contribution >= 4 is 11.5 Å². The predicted octanol–water partition coefficient (Wildman–Crippen LogP) is 2.01. The zero-order chi connectivity index (χ0) is 18.4. The molecule has 0 spiro atoms.